The van der Waals surface area contributed by atoms with Crippen LogP contribution in [0.25, 0.3) is 11.0 Å². The summed E-state index contributed by atoms with van der Waals surface area (Å²) in [5, 5.41) is 9.59. The molecule has 0 aliphatic carbocycles. The lowest BCUT2D eigenvalue weighted by Gasteiger charge is -2.15. The average molecular weight is 420 g/mol. The summed E-state index contributed by atoms with van der Waals surface area (Å²) >= 11 is 6.09. The number of nitrogens with one attached hydrogen (secondary N) is 3. The molecule has 7 heteroatoms. The number of rotatable bonds is 5. The minimum absolute atomic E-state index is 0.0224. The number of para-hydroxylation sites is 2. The number of carbonyl (C=O) groups excluding carboxylic acids is 1. The van der Waals surface area contributed by atoms with E-state index in [0.717, 1.165) is 5.56 Å². The van der Waals surface area contributed by atoms with Gasteiger partial charge in [0.2, 0.25) is 0 Å². The van der Waals surface area contributed by atoms with Crippen molar-refractivity contribution in [1.82, 2.24) is 0 Å². The summed E-state index contributed by atoms with van der Waals surface area (Å²) < 4.78 is 5.40. The van der Waals surface area contributed by atoms with Crippen molar-refractivity contribution in [3.8, 4) is 0 Å². The maximum Gasteiger partial charge on any atom is 0.362 e. The molecular weight excluding hydrogens is 402 g/mol. The summed E-state index contributed by atoms with van der Waals surface area (Å²) in [5.41, 5.74) is 1.74. The molecule has 0 aliphatic rings. The van der Waals surface area contributed by atoms with Crippen LogP contribution in [0.15, 0.2) is 88.1 Å². The van der Waals surface area contributed by atoms with Gasteiger partial charge in [-0.05, 0) is 29.8 Å². The lowest BCUT2D eigenvalue weighted by molar-refractivity contribution is 0.262. The van der Waals surface area contributed by atoms with E-state index in [9.17, 15) is 9.59 Å². The summed E-state index contributed by atoms with van der Waals surface area (Å²) in [6.45, 7) is 0.467. The summed E-state index contributed by atoms with van der Waals surface area (Å²) in [6.07, 6.45) is 0. The van der Waals surface area contributed by atoms with Crippen molar-refractivity contribution in [2.75, 3.05) is 16.0 Å². The van der Waals surface area contributed by atoms with E-state index in [1.54, 1.807) is 36.4 Å². The highest BCUT2D eigenvalue weighted by Crippen LogP contribution is 2.29. The molecule has 0 fully saturated rings. The van der Waals surface area contributed by atoms with Crippen molar-refractivity contribution in [2.24, 2.45) is 0 Å². The van der Waals surface area contributed by atoms with Crippen LogP contribution in [-0.4, -0.2) is 6.03 Å². The first-order chi connectivity index (χ1) is 14.6. The second-order valence-corrected chi connectivity index (χ2v) is 6.94. The Labute approximate surface area is 177 Å². The molecule has 2 amide bonds. The molecule has 6 nitrogen and oxygen atoms in total. The van der Waals surface area contributed by atoms with Crippen molar-refractivity contribution < 1.29 is 9.21 Å². The summed E-state index contributed by atoms with van der Waals surface area (Å²) in [7, 11) is 0. The third-order valence-corrected chi connectivity index (χ3v) is 4.82. The van der Waals surface area contributed by atoms with Gasteiger partial charge in [-0.25, -0.2) is 9.59 Å². The molecule has 30 heavy (non-hydrogen) atoms. The molecule has 1 aromatic heterocycles. The fourth-order valence-corrected chi connectivity index (χ4v) is 3.25. The van der Waals surface area contributed by atoms with Gasteiger partial charge in [0.05, 0.1) is 16.4 Å². The first kappa shape index (κ1) is 19.5. The number of anilines is 3. The van der Waals surface area contributed by atoms with Gasteiger partial charge in [-0.1, -0.05) is 66.2 Å². The Kier molecular flexibility index (Phi) is 5.68. The molecular formula is C23H18ClN3O3. The highest BCUT2D eigenvalue weighted by atomic mass is 35.5. The van der Waals surface area contributed by atoms with Gasteiger partial charge in [-0.2, -0.15) is 0 Å². The molecule has 4 aromatic rings. The van der Waals surface area contributed by atoms with Gasteiger partial charge in [-0.15, -0.1) is 0 Å². The second kappa shape index (κ2) is 8.71. The number of carbonyl (C=O) groups is 1. The molecule has 0 atom stereocenters. The van der Waals surface area contributed by atoms with Crippen LogP contribution in [0, 0.1) is 0 Å². The lowest BCUT2D eigenvalue weighted by atomic mass is 10.1. The molecule has 1 heterocycles. The second-order valence-electron chi connectivity index (χ2n) is 6.53. The van der Waals surface area contributed by atoms with Gasteiger partial charge >= 0.3 is 11.7 Å². The van der Waals surface area contributed by atoms with E-state index in [2.05, 4.69) is 16.0 Å². The SMILES string of the molecule is O=C(Nc1ccccc1Cl)Nc1c(NCc2ccccc2)c2ccccc2oc1=O. The van der Waals surface area contributed by atoms with E-state index in [0.29, 0.717) is 33.9 Å². The Balaban J connectivity index is 1.67. The van der Waals surface area contributed by atoms with Crippen molar-refractivity contribution in [3.05, 3.63) is 99.9 Å². The third-order valence-electron chi connectivity index (χ3n) is 4.49. The van der Waals surface area contributed by atoms with Crippen molar-refractivity contribution in [3.63, 3.8) is 0 Å². The Hall–Kier alpha value is -3.77. The van der Waals surface area contributed by atoms with Crippen molar-refractivity contribution >= 4 is 45.7 Å². The number of amides is 2. The number of halogens is 1. The molecule has 3 N–H and O–H groups in total. The number of benzene rings is 3. The van der Waals surface area contributed by atoms with Crippen LogP contribution in [-0.2, 0) is 6.54 Å². The van der Waals surface area contributed by atoms with Gasteiger partial charge in [-0.3, -0.25) is 5.32 Å². The molecule has 150 valence electrons. The highest BCUT2D eigenvalue weighted by Gasteiger charge is 2.17. The lowest BCUT2D eigenvalue weighted by Crippen LogP contribution is -2.24. The summed E-state index contributed by atoms with van der Waals surface area (Å²) in [6, 6.07) is 23.1. The van der Waals surface area contributed by atoms with Gasteiger partial charge in [0.1, 0.15) is 5.58 Å². The Morgan fingerprint density at radius 3 is 2.33 bits per heavy atom. The molecule has 0 unspecified atom stereocenters. The highest BCUT2D eigenvalue weighted by molar-refractivity contribution is 6.33. The zero-order valence-corrected chi connectivity index (χ0v) is 16.6. The number of fused-ring (bicyclic) bond motifs is 1. The van der Waals surface area contributed by atoms with Gasteiger partial charge in [0, 0.05) is 11.9 Å². The summed E-state index contributed by atoms with van der Waals surface area (Å²) in [4.78, 5) is 25.2. The van der Waals surface area contributed by atoms with Crippen LogP contribution in [0.5, 0.6) is 0 Å². The van der Waals surface area contributed by atoms with Crippen LogP contribution < -0.4 is 21.6 Å². The maximum absolute atomic E-state index is 12.6. The largest absolute Gasteiger partial charge is 0.421 e. The molecule has 0 bridgehead atoms. The number of hydrogen-bond acceptors (Lipinski definition) is 4. The van der Waals surface area contributed by atoms with Crippen LogP contribution in [0.4, 0.5) is 21.9 Å². The Morgan fingerprint density at radius 1 is 0.833 bits per heavy atom. The van der Waals surface area contributed by atoms with Crippen LogP contribution in [0.2, 0.25) is 5.02 Å². The van der Waals surface area contributed by atoms with Crippen LogP contribution in [0.1, 0.15) is 5.56 Å². The fourth-order valence-electron chi connectivity index (χ4n) is 3.06. The number of urea groups is 1. The predicted molar refractivity (Wildman–Crippen MR) is 120 cm³/mol. The van der Waals surface area contributed by atoms with Gasteiger partial charge in [0.15, 0.2) is 5.69 Å². The smallest absolute Gasteiger partial charge is 0.362 e. The van der Waals surface area contributed by atoms with Crippen molar-refractivity contribution in [1.29, 1.82) is 0 Å². The standard InChI is InChI=1S/C23H18ClN3O3/c24-17-11-5-6-12-18(17)26-23(29)27-21-20(25-14-15-8-2-1-3-9-15)16-10-4-7-13-19(16)30-22(21)28/h1-13,25H,14H2,(H2,26,27,29). The molecule has 0 aliphatic heterocycles. The minimum atomic E-state index is -0.654. The first-order valence-electron chi connectivity index (χ1n) is 9.28. The first-order valence-corrected chi connectivity index (χ1v) is 9.66. The van der Waals surface area contributed by atoms with E-state index in [1.807, 2.05) is 42.5 Å². The zero-order chi connectivity index (χ0) is 20.9. The third kappa shape index (κ3) is 4.29. The maximum atomic E-state index is 12.6. The van der Waals surface area contributed by atoms with Crippen LogP contribution in [0.3, 0.4) is 0 Å². The zero-order valence-electron chi connectivity index (χ0n) is 15.8. The van der Waals surface area contributed by atoms with Crippen molar-refractivity contribution in [2.45, 2.75) is 6.54 Å². The minimum Gasteiger partial charge on any atom is -0.421 e. The van der Waals surface area contributed by atoms with Gasteiger partial charge in [0.25, 0.3) is 0 Å². The van der Waals surface area contributed by atoms with Crippen LogP contribution >= 0.6 is 11.6 Å². The van der Waals surface area contributed by atoms with E-state index < -0.39 is 11.7 Å². The normalized spacial score (nSPS) is 10.6. The summed E-state index contributed by atoms with van der Waals surface area (Å²) in [5.74, 6) is 0. The topological polar surface area (TPSA) is 83.4 Å². The van der Waals surface area contributed by atoms with E-state index >= 15 is 0 Å². The molecule has 0 saturated carbocycles. The molecule has 0 saturated heterocycles. The monoisotopic (exact) mass is 419 g/mol. The van der Waals surface area contributed by atoms with Gasteiger partial charge < -0.3 is 15.1 Å². The molecule has 0 spiro atoms. The molecule has 3 aromatic carbocycles. The number of hydrogen-bond donors (Lipinski definition) is 3. The fraction of sp³-hybridized carbons (Fsp3) is 0.0435. The molecule has 4 rings (SSSR count). The van der Waals surface area contributed by atoms with E-state index in [-0.39, 0.29) is 5.69 Å². The molecule has 0 radical (unpaired) electrons. The van der Waals surface area contributed by atoms with E-state index in [4.69, 9.17) is 16.0 Å². The average Bonchev–Trinajstić information content (AvgIpc) is 2.76. The quantitative estimate of drug-likeness (QED) is 0.362. The predicted octanol–water partition coefficient (Wildman–Crippen LogP) is 5.70. The Bertz CT molecular complexity index is 1260. The van der Waals surface area contributed by atoms with E-state index in [1.165, 1.54) is 0 Å². The Morgan fingerprint density at radius 2 is 1.53 bits per heavy atom.